The Bertz CT molecular complexity index is 482. The fourth-order valence-electron chi connectivity index (χ4n) is 2.55. The van der Waals surface area contributed by atoms with E-state index in [9.17, 15) is 9.90 Å². The second-order valence-corrected chi connectivity index (χ2v) is 5.89. The predicted octanol–water partition coefficient (Wildman–Crippen LogP) is 2.35. The second-order valence-electron chi connectivity index (χ2n) is 5.48. The van der Waals surface area contributed by atoms with E-state index >= 15 is 0 Å². The molecule has 1 amide bonds. The molecule has 2 N–H and O–H groups in total. The highest BCUT2D eigenvalue weighted by Gasteiger charge is 2.20. The van der Waals surface area contributed by atoms with Crippen LogP contribution in [-0.2, 0) is 4.79 Å². The monoisotopic (exact) mass is 296 g/mol. The topological polar surface area (TPSA) is 52.6 Å². The number of nitrogens with zero attached hydrogens (tertiary/aromatic N) is 1. The van der Waals surface area contributed by atoms with Crippen molar-refractivity contribution in [1.29, 1.82) is 0 Å². The summed E-state index contributed by atoms with van der Waals surface area (Å²) in [4.78, 5) is 14.1. The van der Waals surface area contributed by atoms with E-state index in [4.69, 9.17) is 11.6 Å². The number of aryl methyl sites for hydroxylation is 2. The quantitative estimate of drug-likeness (QED) is 0.897. The fraction of sp³-hybridized carbons (Fsp3) is 0.533. The summed E-state index contributed by atoms with van der Waals surface area (Å²) >= 11 is 6.17. The molecule has 1 saturated heterocycles. The predicted molar refractivity (Wildman–Crippen MR) is 81.2 cm³/mol. The summed E-state index contributed by atoms with van der Waals surface area (Å²) in [6, 6.07) is 3.85. The van der Waals surface area contributed by atoms with Crippen molar-refractivity contribution in [2.45, 2.75) is 32.8 Å². The molecule has 0 unspecified atom stereocenters. The number of hydrogen-bond donors (Lipinski definition) is 2. The highest BCUT2D eigenvalue weighted by atomic mass is 35.5. The Morgan fingerprint density at radius 1 is 1.50 bits per heavy atom. The lowest BCUT2D eigenvalue weighted by atomic mass is 10.1. The van der Waals surface area contributed by atoms with Crippen LogP contribution in [0.2, 0.25) is 5.02 Å². The van der Waals surface area contributed by atoms with Crippen molar-refractivity contribution in [1.82, 2.24) is 4.90 Å². The molecule has 1 heterocycles. The number of β-amino-alcohol motifs (C(OH)–C–C–N with tert-alkyl or cyclic N) is 1. The smallest absolute Gasteiger partial charge is 0.225 e. The van der Waals surface area contributed by atoms with Gasteiger partial charge in [0.25, 0.3) is 0 Å². The van der Waals surface area contributed by atoms with Gasteiger partial charge in [-0.1, -0.05) is 17.7 Å². The van der Waals surface area contributed by atoms with Gasteiger partial charge in [-0.15, -0.1) is 0 Å². The molecule has 110 valence electrons. The lowest BCUT2D eigenvalue weighted by Crippen LogP contribution is -2.27. The molecular weight excluding hydrogens is 276 g/mol. The highest BCUT2D eigenvalue weighted by Crippen LogP contribution is 2.27. The first-order chi connectivity index (χ1) is 9.45. The van der Waals surface area contributed by atoms with E-state index in [1.807, 2.05) is 26.0 Å². The van der Waals surface area contributed by atoms with Gasteiger partial charge in [-0.2, -0.15) is 0 Å². The van der Waals surface area contributed by atoms with Crippen LogP contribution in [0.1, 0.15) is 24.0 Å². The number of halogens is 1. The number of nitrogens with one attached hydrogen (secondary N) is 1. The third-order valence-corrected chi connectivity index (χ3v) is 3.90. The molecular formula is C15H21ClN2O2. The third-order valence-electron chi connectivity index (χ3n) is 3.60. The SMILES string of the molecule is Cc1cc(C)c(NC(=O)CCN2CC[C@@H](O)C2)c(Cl)c1. The number of likely N-dealkylation sites (tertiary alicyclic amines) is 1. The first kappa shape index (κ1) is 15.3. The van der Waals surface area contributed by atoms with Crippen molar-refractivity contribution in [3.05, 3.63) is 28.3 Å². The van der Waals surface area contributed by atoms with Gasteiger partial charge in [-0.3, -0.25) is 4.79 Å². The average molecular weight is 297 g/mol. The second kappa shape index (κ2) is 6.57. The zero-order chi connectivity index (χ0) is 14.7. The standard InChI is InChI=1S/C15H21ClN2O2/c1-10-7-11(2)15(13(16)8-10)17-14(20)4-6-18-5-3-12(19)9-18/h7-8,12,19H,3-6,9H2,1-2H3,(H,17,20)/t12-/m1/s1. The van der Waals surface area contributed by atoms with Crippen molar-refractivity contribution < 1.29 is 9.90 Å². The minimum absolute atomic E-state index is 0.0414. The molecule has 20 heavy (non-hydrogen) atoms. The minimum Gasteiger partial charge on any atom is -0.392 e. The van der Waals surface area contributed by atoms with Crippen LogP contribution in [0.15, 0.2) is 12.1 Å². The number of amides is 1. The maximum atomic E-state index is 12.0. The molecule has 1 aromatic rings. The van der Waals surface area contributed by atoms with Crippen molar-refractivity contribution in [3.8, 4) is 0 Å². The lowest BCUT2D eigenvalue weighted by molar-refractivity contribution is -0.116. The van der Waals surface area contributed by atoms with Crippen LogP contribution in [0.5, 0.6) is 0 Å². The van der Waals surface area contributed by atoms with Crippen molar-refractivity contribution in [2.75, 3.05) is 25.0 Å². The molecule has 0 radical (unpaired) electrons. The Balaban J connectivity index is 1.88. The van der Waals surface area contributed by atoms with E-state index in [2.05, 4.69) is 10.2 Å². The molecule has 1 aromatic carbocycles. The Labute approximate surface area is 124 Å². The van der Waals surface area contributed by atoms with Gasteiger partial charge >= 0.3 is 0 Å². The molecule has 0 bridgehead atoms. The lowest BCUT2D eigenvalue weighted by Gasteiger charge is -2.15. The first-order valence-corrected chi connectivity index (χ1v) is 7.30. The molecule has 0 aliphatic carbocycles. The van der Waals surface area contributed by atoms with E-state index in [0.29, 0.717) is 30.2 Å². The van der Waals surface area contributed by atoms with Crippen molar-refractivity contribution in [2.24, 2.45) is 0 Å². The van der Waals surface area contributed by atoms with Gasteiger partial charge in [0.1, 0.15) is 0 Å². The molecule has 0 spiro atoms. The minimum atomic E-state index is -0.244. The van der Waals surface area contributed by atoms with Crippen LogP contribution in [0, 0.1) is 13.8 Å². The molecule has 1 aliphatic heterocycles. The van der Waals surface area contributed by atoms with Crippen LogP contribution < -0.4 is 5.32 Å². The van der Waals surface area contributed by atoms with Gasteiger partial charge in [-0.05, 0) is 37.5 Å². The first-order valence-electron chi connectivity index (χ1n) is 6.92. The van der Waals surface area contributed by atoms with Gasteiger partial charge in [0.05, 0.1) is 16.8 Å². The number of anilines is 1. The van der Waals surface area contributed by atoms with Gasteiger partial charge in [0, 0.05) is 26.1 Å². The summed E-state index contributed by atoms with van der Waals surface area (Å²) in [7, 11) is 0. The van der Waals surface area contributed by atoms with Gasteiger partial charge in [-0.25, -0.2) is 0 Å². The molecule has 4 nitrogen and oxygen atoms in total. The average Bonchev–Trinajstić information content (AvgIpc) is 2.77. The van der Waals surface area contributed by atoms with Crippen LogP contribution >= 0.6 is 11.6 Å². The summed E-state index contributed by atoms with van der Waals surface area (Å²) in [6.07, 6.45) is 0.966. The van der Waals surface area contributed by atoms with Gasteiger partial charge in [0.2, 0.25) is 5.91 Å². The Kier molecular flexibility index (Phi) is 5.02. The summed E-state index contributed by atoms with van der Waals surface area (Å²) in [5.74, 6) is -0.0414. The van der Waals surface area contributed by atoms with Crippen LogP contribution in [0.4, 0.5) is 5.69 Å². The van der Waals surface area contributed by atoms with Gasteiger partial charge in [0.15, 0.2) is 0 Å². The Morgan fingerprint density at radius 2 is 2.25 bits per heavy atom. The third kappa shape index (κ3) is 3.95. The van der Waals surface area contributed by atoms with E-state index < -0.39 is 0 Å². The molecule has 2 rings (SSSR count). The maximum absolute atomic E-state index is 12.0. The molecule has 0 saturated carbocycles. The summed E-state index contributed by atoms with van der Waals surface area (Å²) < 4.78 is 0. The normalized spacial score (nSPS) is 19.3. The van der Waals surface area contributed by atoms with Crippen LogP contribution in [-0.4, -0.2) is 41.7 Å². The molecule has 1 aliphatic rings. The number of rotatable bonds is 4. The number of aliphatic hydroxyl groups is 1. The van der Waals surface area contributed by atoms with E-state index in [1.165, 1.54) is 0 Å². The van der Waals surface area contributed by atoms with E-state index in [-0.39, 0.29) is 12.0 Å². The maximum Gasteiger partial charge on any atom is 0.225 e. The summed E-state index contributed by atoms with van der Waals surface area (Å²) in [5, 5.41) is 12.9. The van der Waals surface area contributed by atoms with E-state index in [0.717, 1.165) is 24.1 Å². The number of carbonyl (C=O) groups excluding carboxylic acids is 1. The van der Waals surface area contributed by atoms with Crippen molar-refractivity contribution >= 4 is 23.2 Å². The Hall–Kier alpha value is -1.10. The van der Waals surface area contributed by atoms with Crippen LogP contribution in [0.25, 0.3) is 0 Å². The molecule has 0 aromatic heterocycles. The number of hydrogen-bond acceptors (Lipinski definition) is 3. The largest absolute Gasteiger partial charge is 0.392 e. The Morgan fingerprint density at radius 3 is 2.85 bits per heavy atom. The van der Waals surface area contributed by atoms with E-state index in [1.54, 1.807) is 0 Å². The molecule has 1 atom stereocenters. The summed E-state index contributed by atoms with van der Waals surface area (Å²) in [6.45, 7) is 6.11. The zero-order valence-electron chi connectivity index (χ0n) is 11.9. The van der Waals surface area contributed by atoms with Crippen LogP contribution in [0.3, 0.4) is 0 Å². The molecule has 1 fully saturated rings. The van der Waals surface area contributed by atoms with Crippen molar-refractivity contribution in [3.63, 3.8) is 0 Å². The number of carbonyl (C=O) groups is 1. The fourth-order valence-corrected chi connectivity index (χ4v) is 2.92. The zero-order valence-corrected chi connectivity index (χ0v) is 12.7. The number of benzene rings is 1. The summed E-state index contributed by atoms with van der Waals surface area (Å²) in [5.41, 5.74) is 2.75. The van der Waals surface area contributed by atoms with Gasteiger partial charge < -0.3 is 15.3 Å². The highest BCUT2D eigenvalue weighted by molar-refractivity contribution is 6.34. The molecule has 5 heteroatoms. The number of aliphatic hydroxyl groups excluding tert-OH is 1.